The van der Waals surface area contributed by atoms with Crippen LogP contribution in [0, 0.1) is 23.2 Å². The van der Waals surface area contributed by atoms with Gasteiger partial charge in [0, 0.05) is 13.1 Å². The molecule has 0 aromatic heterocycles. The van der Waals surface area contributed by atoms with Crippen LogP contribution in [0.4, 0.5) is 0 Å². The molecule has 2 aliphatic rings. The van der Waals surface area contributed by atoms with Crippen molar-refractivity contribution >= 4 is 5.91 Å². The molecule has 4 nitrogen and oxygen atoms in total. The van der Waals surface area contributed by atoms with Gasteiger partial charge in [-0.3, -0.25) is 4.79 Å². The summed E-state index contributed by atoms with van der Waals surface area (Å²) in [7, 11) is 0. The lowest BCUT2D eigenvalue weighted by Gasteiger charge is -2.32. The third-order valence-corrected chi connectivity index (χ3v) is 4.88. The Morgan fingerprint density at radius 2 is 1.70 bits per heavy atom. The van der Waals surface area contributed by atoms with E-state index in [1.807, 2.05) is 11.0 Å². The van der Waals surface area contributed by atoms with E-state index in [-0.39, 0.29) is 12.3 Å². The minimum absolute atomic E-state index is 0.0145. The first-order chi connectivity index (χ1) is 9.79. The second-order valence-corrected chi connectivity index (χ2v) is 6.28. The first kappa shape index (κ1) is 15.3. The summed E-state index contributed by atoms with van der Waals surface area (Å²) in [4.78, 5) is 13.5. The molecule has 0 bridgehead atoms. The topological polar surface area (TPSA) is 56.1 Å². The second kappa shape index (κ2) is 8.26. The minimum Gasteiger partial charge on any atom is -0.342 e. The first-order valence-corrected chi connectivity index (χ1v) is 8.15. The maximum atomic E-state index is 11.6. The molecular formula is C16H27N3O. The van der Waals surface area contributed by atoms with E-state index in [2.05, 4.69) is 5.32 Å². The highest BCUT2D eigenvalue weighted by Gasteiger charge is 2.22. The standard InChI is InChI=1S/C16H27N3O/c17-9-4-16(20)19-12-7-15(8-13-19)3-1-2-14-5-10-18-11-6-14/h14-15,18H,1-8,10-13H2. The molecule has 2 heterocycles. The fourth-order valence-corrected chi connectivity index (χ4v) is 3.52. The predicted molar refractivity (Wildman–Crippen MR) is 79.0 cm³/mol. The van der Waals surface area contributed by atoms with Crippen LogP contribution in [0.5, 0.6) is 0 Å². The van der Waals surface area contributed by atoms with Gasteiger partial charge in [0.2, 0.25) is 5.91 Å². The van der Waals surface area contributed by atoms with Crippen molar-refractivity contribution in [3.8, 4) is 6.07 Å². The zero-order valence-electron chi connectivity index (χ0n) is 12.4. The van der Waals surface area contributed by atoms with Gasteiger partial charge in [-0.2, -0.15) is 5.26 Å². The third kappa shape index (κ3) is 4.79. The van der Waals surface area contributed by atoms with Crippen molar-refractivity contribution in [3.05, 3.63) is 0 Å². The number of carbonyl (C=O) groups excluding carboxylic acids is 1. The van der Waals surface area contributed by atoms with Gasteiger partial charge >= 0.3 is 0 Å². The number of hydrogen-bond donors (Lipinski definition) is 1. The lowest BCUT2D eigenvalue weighted by atomic mass is 9.87. The van der Waals surface area contributed by atoms with Crippen molar-refractivity contribution < 1.29 is 4.79 Å². The van der Waals surface area contributed by atoms with Crippen LogP contribution < -0.4 is 5.32 Å². The predicted octanol–water partition coefficient (Wildman–Crippen LogP) is 2.31. The molecule has 2 aliphatic heterocycles. The molecule has 2 fully saturated rings. The van der Waals surface area contributed by atoms with E-state index in [1.165, 1.54) is 45.2 Å². The Bertz CT molecular complexity index is 336. The van der Waals surface area contributed by atoms with E-state index in [0.717, 1.165) is 37.8 Å². The summed E-state index contributed by atoms with van der Waals surface area (Å²) in [5.74, 6) is 1.75. The van der Waals surface area contributed by atoms with Gasteiger partial charge < -0.3 is 10.2 Å². The van der Waals surface area contributed by atoms with E-state index < -0.39 is 0 Å². The highest BCUT2D eigenvalue weighted by atomic mass is 16.2. The van der Waals surface area contributed by atoms with Gasteiger partial charge in [-0.05, 0) is 50.6 Å². The van der Waals surface area contributed by atoms with Crippen molar-refractivity contribution in [2.75, 3.05) is 26.2 Å². The van der Waals surface area contributed by atoms with Crippen molar-refractivity contribution in [1.82, 2.24) is 10.2 Å². The zero-order valence-corrected chi connectivity index (χ0v) is 12.4. The Kier molecular flexibility index (Phi) is 6.32. The van der Waals surface area contributed by atoms with E-state index in [4.69, 9.17) is 5.26 Å². The molecule has 20 heavy (non-hydrogen) atoms. The average Bonchev–Trinajstić information content (AvgIpc) is 2.49. The number of rotatable bonds is 5. The molecule has 0 aliphatic carbocycles. The van der Waals surface area contributed by atoms with Crippen LogP contribution in [0.3, 0.4) is 0 Å². The molecular weight excluding hydrogens is 250 g/mol. The highest BCUT2D eigenvalue weighted by Crippen LogP contribution is 2.26. The van der Waals surface area contributed by atoms with Crippen LogP contribution in [0.1, 0.15) is 51.4 Å². The van der Waals surface area contributed by atoms with E-state index in [1.54, 1.807) is 0 Å². The number of carbonyl (C=O) groups is 1. The molecule has 0 aromatic carbocycles. The molecule has 112 valence electrons. The van der Waals surface area contributed by atoms with E-state index in [9.17, 15) is 4.79 Å². The fraction of sp³-hybridized carbons (Fsp3) is 0.875. The summed E-state index contributed by atoms with van der Waals surface area (Å²) in [6.07, 6.45) is 9.05. The van der Waals surface area contributed by atoms with Gasteiger partial charge in [-0.25, -0.2) is 0 Å². The largest absolute Gasteiger partial charge is 0.342 e. The molecule has 0 spiro atoms. The monoisotopic (exact) mass is 277 g/mol. The number of hydrogen-bond acceptors (Lipinski definition) is 3. The summed E-state index contributed by atoms with van der Waals surface area (Å²) in [5, 5.41) is 12.0. The third-order valence-electron chi connectivity index (χ3n) is 4.88. The molecule has 0 radical (unpaired) electrons. The molecule has 0 unspecified atom stereocenters. The lowest BCUT2D eigenvalue weighted by molar-refractivity contribution is -0.131. The minimum atomic E-state index is 0.0145. The van der Waals surface area contributed by atoms with Crippen molar-refractivity contribution in [1.29, 1.82) is 5.26 Å². The van der Waals surface area contributed by atoms with Crippen molar-refractivity contribution in [2.45, 2.75) is 51.4 Å². The number of nitrogens with one attached hydrogen (secondary N) is 1. The summed E-state index contributed by atoms with van der Waals surface area (Å²) in [5.41, 5.74) is 0. The summed E-state index contributed by atoms with van der Waals surface area (Å²) >= 11 is 0. The van der Waals surface area contributed by atoms with Crippen LogP contribution in [0.25, 0.3) is 0 Å². The number of nitrogens with zero attached hydrogens (tertiary/aromatic N) is 2. The maximum absolute atomic E-state index is 11.6. The molecule has 2 rings (SSSR count). The lowest BCUT2D eigenvalue weighted by Crippen LogP contribution is -2.38. The van der Waals surface area contributed by atoms with Gasteiger partial charge in [0.15, 0.2) is 0 Å². The Balaban J connectivity index is 1.57. The van der Waals surface area contributed by atoms with Gasteiger partial charge in [0.25, 0.3) is 0 Å². The smallest absolute Gasteiger partial charge is 0.236 e. The van der Waals surface area contributed by atoms with Crippen molar-refractivity contribution in [3.63, 3.8) is 0 Å². The molecule has 1 amide bonds. The fourth-order valence-electron chi connectivity index (χ4n) is 3.52. The number of amides is 1. The Morgan fingerprint density at radius 1 is 1.10 bits per heavy atom. The SMILES string of the molecule is N#CCC(=O)N1CCC(CCCC2CCNCC2)CC1. The molecule has 0 aromatic rings. The number of piperidine rings is 2. The summed E-state index contributed by atoms with van der Waals surface area (Å²) in [6.45, 7) is 4.12. The van der Waals surface area contributed by atoms with Crippen molar-refractivity contribution in [2.24, 2.45) is 11.8 Å². The van der Waals surface area contributed by atoms with Crippen LogP contribution in [-0.2, 0) is 4.79 Å². The summed E-state index contributed by atoms with van der Waals surface area (Å²) < 4.78 is 0. The molecule has 0 atom stereocenters. The van der Waals surface area contributed by atoms with Crippen LogP contribution in [0.15, 0.2) is 0 Å². The number of likely N-dealkylation sites (tertiary alicyclic amines) is 1. The van der Waals surface area contributed by atoms with E-state index in [0.29, 0.717) is 0 Å². The quantitative estimate of drug-likeness (QED) is 0.839. The molecule has 1 N–H and O–H groups in total. The second-order valence-electron chi connectivity index (χ2n) is 6.28. The maximum Gasteiger partial charge on any atom is 0.236 e. The van der Waals surface area contributed by atoms with Gasteiger partial charge in [0.05, 0.1) is 6.07 Å². The van der Waals surface area contributed by atoms with Crippen LogP contribution in [-0.4, -0.2) is 37.0 Å². The average molecular weight is 277 g/mol. The van der Waals surface area contributed by atoms with Crippen LogP contribution >= 0.6 is 0 Å². The normalized spacial score (nSPS) is 21.6. The molecule has 0 saturated carbocycles. The zero-order chi connectivity index (χ0) is 14.2. The molecule has 4 heteroatoms. The number of nitriles is 1. The Hall–Kier alpha value is -1.08. The van der Waals surface area contributed by atoms with Gasteiger partial charge in [0.1, 0.15) is 6.42 Å². The van der Waals surface area contributed by atoms with Crippen LogP contribution in [0.2, 0.25) is 0 Å². The highest BCUT2D eigenvalue weighted by molar-refractivity contribution is 5.78. The van der Waals surface area contributed by atoms with Gasteiger partial charge in [-0.15, -0.1) is 0 Å². The van der Waals surface area contributed by atoms with Gasteiger partial charge in [-0.1, -0.05) is 19.3 Å². The Morgan fingerprint density at radius 3 is 2.30 bits per heavy atom. The first-order valence-electron chi connectivity index (χ1n) is 8.15. The summed E-state index contributed by atoms with van der Waals surface area (Å²) in [6, 6.07) is 1.95. The van der Waals surface area contributed by atoms with E-state index >= 15 is 0 Å². The molecule has 2 saturated heterocycles. The Labute approximate surface area is 122 Å².